The van der Waals surface area contributed by atoms with Crippen molar-refractivity contribution in [1.82, 2.24) is 4.98 Å². The van der Waals surface area contributed by atoms with Gasteiger partial charge in [-0.25, -0.2) is 14.2 Å². The Kier molecular flexibility index (Phi) is 5.51. The second kappa shape index (κ2) is 8.18. The number of methoxy groups -OCH3 is 1. The molecular formula is C21H15FN2O4. The zero-order valence-electron chi connectivity index (χ0n) is 14.8. The highest BCUT2D eigenvalue weighted by Gasteiger charge is 2.26. The molecule has 3 rings (SSSR count). The van der Waals surface area contributed by atoms with E-state index in [9.17, 15) is 19.6 Å². The molecule has 1 heterocycles. The van der Waals surface area contributed by atoms with Crippen LogP contribution in [-0.2, 0) is 6.61 Å². The molecule has 0 amide bonds. The fourth-order valence-corrected chi connectivity index (χ4v) is 2.76. The van der Waals surface area contributed by atoms with E-state index in [4.69, 9.17) is 9.47 Å². The van der Waals surface area contributed by atoms with E-state index in [2.05, 4.69) is 4.98 Å². The lowest BCUT2D eigenvalue weighted by atomic mass is 9.97. The fraction of sp³-hybridized carbons (Fsp3) is 0.0952. The lowest BCUT2D eigenvalue weighted by Crippen LogP contribution is -2.09. The summed E-state index contributed by atoms with van der Waals surface area (Å²) in [5.41, 5.74) is -0.00789. The molecule has 1 aromatic heterocycles. The number of hydrogen-bond donors (Lipinski definition) is 1. The summed E-state index contributed by atoms with van der Waals surface area (Å²) in [6.07, 6.45) is 1.16. The van der Waals surface area contributed by atoms with Crippen molar-refractivity contribution in [3.63, 3.8) is 0 Å². The van der Waals surface area contributed by atoms with Crippen molar-refractivity contribution in [2.45, 2.75) is 6.61 Å². The van der Waals surface area contributed by atoms with E-state index in [0.29, 0.717) is 0 Å². The van der Waals surface area contributed by atoms with Gasteiger partial charge < -0.3 is 14.6 Å². The maximum atomic E-state index is 14.8. The SMILES string of the molecule is COc1cccc(-c2c(C#N)ncc(OCc3ccccc3)c2C(=O)O)c1F. The minimum atomic E-state index is -1.36. The Labute approximate surface area is 160 Å². The molecule has 3 aromatic rings. The molecule has 0 unspecified atom stereocenters. The van der Waals surface area contributed by atoms with E-state index in [-0.39, 0.29) is 40.5 Å². The standard InChI is InChI=1S/C21H15FN2O4/c1-27-16-9-5-8-14(20(16)22)18-15(10-23)24-11-17(19(18)21(25)26)28-12-13-6-3-2-4-7-13/h2-9,11H,12H2,1H3,(H,25,26). The van der Waals surface area contributed by atoms with Crippen LogP contribution in [0.3, 0.4) is 0 Å². The predicted molar refractivity (Wildman–Crippen MR) is 98.6 cm³/mol. The van der Waals surface area contributed by atoms with Gasteiger partial charge >= 0.3 is 5.97 Å². The summed E-state index contributed by atoms with van der Waals surface area (Å²) in [4.78, 5) is 16.0. The molecule has 0 aliphatic carbocycles. The van der Waals surface area contributed by atoms with Crippen LogP contribution in [0.5, 0.6) is 11.5 Å². The lowest BCUT2D eigenvalue weighted by molar-refractivity contribution is 0.0692. The first-order valence-corrected chi connectivity index (χ1v) is 8.22. The van der Waals surface area contributed by atoms with Gasteiger partial charge in [-0.3, -0.25) is 0 Å². The van der Waals surface area contributed by atoms with Crippen LogP contribution in [0.25, 0.3) is 11.1 Å². The number of hydrogen-bond acceptors (Lipinski definition) is 5. The monoisotopic (exact) mass is 378 g/mol. The predicted octanol–water partition coefficient (Wildman–Crippen LogP) is 4.05. The van der Waals surface area contributed by atoms with Crippen LogP contribution < -0.4 is 9.47 Å². The van der Waals surface area contributed by atoms with Gasteiger partial charge in [0.15, 0.2) is 17.3 Å². The van der Waals surface area contributed by atoms with Crippen molar-refractivity contribution in [1.29, 1.82) is 5.26 Å². The molecule has 0 bridgehead atoms. The Bertz CT molecular complexity index is 1060. The molecule has 6 nitrogen and oxygen atoms in total. The summed E-state index contributed by atoms with van der Waals surface area (Å²) in [6.45, 7) is 0.0920. The third-order valence-electron chi connectivity index (χ3n) is 4.05. The average Bonchev–Trinajstić information content (AvgIpc) is 2.72. The van der Waals surface area contributed by atoms with Gasteiger partial charge in [0, 0.05) is 11.1 Å². The quantitative estimate of drug-likeness (QED) is 0.696. The number of benzene rings is 2. The number of carbonyl (C=O) groups is 1. The normalized spacial score (nSPS) is 10.2. The van der Waals surface area contributed by atoms with Gasteiger partial charge in [-0.2, -0.15) is 5.26 Å². The first-order valence-electron chi connectivity index (χ1n) is 8.22. The smallest absolute Gasteiger partial charge is 0.340 e. The number of aromatic carboxylic acids is 1. The van der Waals surface area contributed by atoms with Crippen molar-refractivity contribution < 1.29 is 23.8 Å². The number of nitrogens with zero attached hydrogens (tertiary/aromatic N) is 2. The minimum absolute atomic E-state index is 0.0624. The largest absolute Gasteiger partial charge is 0.494 e. The Morgan fingerprint density at radius 2 is 1.93 bits per heavy atom. The number of pyridine rings is 1. The highest BCUT2D eigenvalue weighted by molar-refractivity contribution is 6.00. The second-order valence-electron chi connectivity index (χ2n) is 5.73. The van der Waals surface area contributed by atoms with E-state index >= 15 is 0 Å². The fourth-order valence-electron chi connectivity index (χ4n) is 2.76. The van der Waals surface area contributed by atoms with Crippen LogP contribution in [0.4, 0.5) is 4.39 Å². The summed E-state index contributed by atoms with van der Waals surface area (Å²) in [7, 11) is 1.29. The Morgan fingerprint density at radius 3 is 2.57 bits per heavy atom. The molecule has 0 saturated carbocycles. The Hall–Kier alpha value is -3.92. The first kappa shape index (κ1) is 18.9. The van der Waals surface area contributed by atoms with Crippen molar-refractivity contribution in [3.8, 4) is 28.7 Å². The summed E-state index contributed by atoms with van der Waals surface area (Å²) < 4.78 is 25.4. The van der Waals surface area contributed by atoms with E-state index in [1.54, 1.807) is 0 Å². The van der Waals surface area contributed by atoms with Crippen LogP contribution in [0, 0.1) is 17.1 Å². The molecule has 0 spiro atoms. The third-order valence-corrected chi connectivity index (χ3v) is 4.05. The summed E-state index contributed by atoms with van der Waals surface area (Å²) in [6, 6.07) is 15.2. The minimum Gasteiger partial charge on any atom is -0.494 e. The molecule has 0 saturated heterocycles. The Balaban J connectivity index is 2.16. The highest BCUT2D eigenvalue weighted by atomic mass is 19.1. The number of rotatable bonds is 6. The number of carboxylic acids is 1. The van der Waals surface area contributed by atoms with Gasteiger partial charge in [0.2, 0.25) is 0 Å². The maximum Gasteiger partial charge on any atom is 0.340 e. The van der Waals surface area contributed by atoms with Crippen LogP contribution in [0.2, 0.25) is 0 Å². The van der Waals surface area contributed by atoms with Crippen LogP contribution in [0.15, 0.2) is 54.7 Å². The molecular weight excluding hydrogens is 363 g/mol. The first-order chi connectivity index (χ1) is 13.6. The molecule has 0 radical (unpaired) electrons. The number of halogens is 1. The van der Waals surface area contributed by atoms with Crippen LogP contribution >= 0.6 is 0 Å². The number of nitriles is 1. The summed E-state index contributed by atoms with van der Waals surface area (Å²) >= 11 is 0. The van der Waals surface area contributed by atoms with E-state index < -0.39 is 11.8 Å². The number of aromatic nitrogens is 1. The highest BCUT2D eigenvalue weighted by Crippen LogP contribution is 2.37. The molecule has 0 aliphatic rings. The maximum absolute atomic E-state index is 14.8. The zero-order valence-corrected chi connectivity index (χ0v) is 14.8. The number of ether oxygens (including phenoxy) is 2. The molecule has 0 aliphatic heterocycles. The summed E-state index contributed by atoms with van der Waals surface area (Å²) in [5, 5.41) is 19.2. The van der Waals surface area contributed by atoms with Crippen molar-refractivity contribution >= 4 is 5.97 Å². The topological polar surface area (TPSA) is 92.4 Å². The van der Waals surface area contributed by atoms with Gasteiger partial charge in [-0.15, -0.1) is 0 Å². The van der Waals surface area contributed by atoms with E-state index in [1.807, 2.05) is 36.4 Å². The van der Waals surface area contributed by atoms with Crippen LogP contribution in [0.1, 0.15) is 21.6 Å². The van der Waals surface area contributed by atoms with Crippen molar-refractivity contribution in [2.75, 3.05) is 7.11 Å². The van der Waals surface area contributed by atoms with Crippen molar-refractivity contribution in [3.05, 3.63) is 77.4 Å². The van der Waals surface area contributed by atoms with Gasteiger partial charge in [0.05, 0.1) is 13.3 Å². The van der Waals surface area contributed by atoms with Crippen LogP contribution in [-0.4, -0.2) is 23.2 Å². The molecule has 0 atom stereocenters. The molecule has 2 aromatic carbocycles. The van der Waals surface area contributed by atoms with Gasteiger partial charge in [0.1, 0.15) is 23.9 Å². The summed E-state index contributed by atoms with van der Waals surface area (Å²) in [5.74, 6) is -2.29. The van der Waals surface area contributed by atoms with Gasteiger partial charge in [-0.1, -0.05) is 42.5 Å². The van der Waals surface area contributed by atoms with Gasteiger partial charge in [-0.05, 0) is 11.6 Å². The molecule has 28 heavy (non-hydrogen) atoms. The van der Waals surface area contributed by atoms with E-state index in [0.717, 1.165) is 11.8 Å². The molecule has 7 heteroatoms. The second-order valence-corrected chi connectivity index (χ2v) is 5.73. The number of carboxylic acid groups (broad SMARTS) is 1. The third kappa shape index (κ3) is 3.62. The molecule has 140 valence electrons. The van der Waals surface area contributed by atoms with Crippen molar-refractivity contribution in [2.24, 2.45) is 0 Å². The average molecular weight is 378 g/mol. The van der Waals surface area contributed by atoms with E-state index in [1.165, 1.54) is 25.3 Å². The van der Waals surface area contributed by atoms with Gasteiger partial charge in [0.25, 0.3) is 0 Å². The zero-order chi connectivity index (χ0) is 20.1. The molecule has 1 N–H and O–H groups in total. The lowest BCUT2D eigenvalue weighted by Gasteiger charge is -2.15. The molecule has 0 fully saturated rings. The Morgan fingerprint density at radius 1 is 1.18 bits per heavy atom.